The summed E-state index contributed by atoms with van der Waals surface area (Å²) in [5, 5.41) is 5.57. The number of nitrogens with one attached hydrogen (secondary N) is 2. The van der Waals surface area contributed by atoms with Crippen LogP contribution in [0, 0.1) is 0 Å². The normalized spacial score (nSPS) is 11.9. The largest absolute Gasteiger partial charge is 0.496 e. The van der Waals surface area contributed by atoms with Gasteiger partial charge in [-0.15, -0.1) is 0 Å². The van der Waals surface area contributed by atoms with E-state index in [4.69, 9.17) is 18.9 Å². The summed E-state index contributed by atoms with van der Waals surface area (Å²) >= 11 is 0. The topological polar surface area (TPSA) is 95.1 Å². The minimum Gasteiger partial charge on any atom is -0.496 e. The van der Waals surface area contributed by atoms with Gasteiger partial charge >= 0.3 is 0 Å². The van der Waals surface area contributed by atoms with Gasteiger partial charge in [0, 0.05) is 17.4 Å². The Kier molecular flexibility index (Phi) is 6.41. The van der Waals surface area contributed by atoms with Gasteiger partial charge in [-0.3, -0.25) is 9.59 Å². The number of carbonyl (C=O) groups excluding carboxylic acids is 2. The molecule has 2 N–H and O–H groups in total. The zero-order chi connectivity index (χ0) is 22.3. The molecular formula is C24H22N2O6. The summed E-state index contributed by atoms with van der Waals surface area (Å²) < 4.78 is 21.7. The monoisotopic (exact) mass is 434 g/mol. The molecule has 8 nitrogen and oxygen atoms in total. The summed E-state index contributed by atoms with van der Waals surface area (Å²) in [7, 11) is 1.52. The van der Waals surface area contributed by atoms with Gasteiger partial charge < -0.3 is 29.6 Å². The summed E-state index contributed by atoms with van der Waals surface area (Å²) in [5.41, 5.74) is 1.62. The lowest BCUT2D eigenvalue weighted by Crippen LogP contribution is -2.20. The first-order chi connectivity index (χ1) is 15.6. The minimum atomic E-state index is -0.310. The molecule has 32 heavy (non-hydrogen) atoms. The number of ether oxygens (including phenoxy) is 4. The van der Waals surface area contributed by atoms with Crippen LogP contribution in [0.5, 0.6) is 23.0 Å². The Morgan fingerprint density at radius 1 is 0.875 bits per heavy atom. The van der Waals surface area contributed by atoms with E-state index in [2.05, 4.69) is 10.6 Å². The average molecular weight is 434 g/mol. The lowest BCUT2D eigenvalue weighted by Gasteiger charge is -2.19. The van der Waals surface area contributed by atoms with Gasteiger partial charge in [0.15, 0.2) is 18.1 Å². The maximum atomic E-state index is 12.5. The molecular weight excluding hydrogens is 412 g/mol. The number of rotatable bonds is 7. The Labute approximate surface area is 185 Å². The standard InChI is InChI=1S/C24H22N2O6/c1-29-20-5-3-2-4-19(20)24(28)26-16-6-9-18(10-7-16)32-15-23(27)25-17-8-11-21-22(14-17)31-13-12-30-21/h2-11,14H,12-13,15H2,1H3,(H,25,27)(H,26,28). The molecule has 8 heteroatoms. The van der Waals surface area contributed by atoms with Crippen molar-refractivity contribution in [2.75, 3.05) is 37.6 Å². The van der Waals surface area contributed by atoms with Crippen LogP contribution in [0.4, 0.5) is 11.4 Å². The Bertz CT molecular complexity index is 1110. The molecule has 0 aromatic heterocycles. The molecule has 164 valence electrons. The quantitative estimate of drug-likeness (QED) is 0.588. The first-order valence-corrected chi connectivity index (χ1v) is 9.99. The van der Waals surface area contributed by atoms with Crippen molar-refractivity contribution in [1.29, 1.82) is 0 Å². The Balaban J connectivity index is 1.29. The van der Waals surface area contributed by atoms with Crippen molar-refractivity contribution in [3.63, 3.8) is 0 Å². The zero-order valence-corrected chi connectivity index (χ0v) is 17.4. The molecule has 0 radical (unpaired) electrons. The van der Waals surface area contributed by atoms with Crippen LogP contribution in [0.2, 0.25) is 0 Å². The molecule has 1 aliphatic rings. The van der Waals surface area contributed by atoms with Crippen molar-refractivity contribution in [2.45, 2.75) is 0 Å². The molecule has 4 rings (SSSR count). The van der Waals surface area contributed by atoms with Crippen LogP contribution >= 0.6 is 0 Å². The maximum Gasteiger partial charge on any atom is 0.262 e. The fourth-order valence-electron chi connectivity index (χ4n) is 3.13. The fraction of sp³-hybridized carbons (Fsp3) is 0.167. The third-order valence-corrected chi connectivity index (χ3v) is 4.66. The predicted molar refractivity (Wildman–Crippen MR) is 119 cm³/mol. The lowest BCUT2D eigenvalue weighted by atomic mass is 10.2. The molecule has 0 bridgehead atoms. The van der Waals surface area contributed by atoms with Crippen LogP contribution in [-0.2, 0) is 4.79 Å². The first-order valence-electron chi connectivity index (χ1n) is 9.99. The molecule has 0 atom stereocenters. The molecule has 0 fully saturated rings. The Morgan fingerprint density at radius 2 is 1.59 bits per heavy atom. The molecule has 2 amide bonds. The van der Waals surface area contributed by atoms with E-state index in [-0.39, 0.29) is 18.4 Å². The van der Waals surface area contributed by atoms with Gasteiger partial charge in [-0.2, -0.15) is 0 Å². The number of anilines is 2. The highest BCUT2D eigenvalue weighted by Crippen LogP contribution is 2.32. The van der Waals surface area contributed by atoms with E-state index in [9.17, 15) is 9.59 Å². The fourth-order valence-corrected chi connectivity index (χ4v) is 3.13. The summed E-state index contributed by atoms with van der Waals surface area (Å²) in [6.45, 7) is 0.819. The summed E-state index contributed by atoms with van der Waals surface area (Å²) in [6, 6.07) is 18.9. The number of methoxy groups -OCH3 is 1. The maximum absolute atomic E-state index is 12.5. The molecule has 1 aliphatic heterocycles. The number of fused-ring (bicyclic) bond motifs is 1. The molecule has 3 aromatic rings. The number of hydrogen-bond donors (Lipinski definition) is 2. The highest BCUT2D eigenvalue weighted by Gasteiger charge is 2.14. The van der Waals surface area contributed by atoms with Crippen molar-refractivity contribution in [3.8, 4) is 23.0 Å². The van der Waals surface area contributed by atoms with E-state index >= 15 is 0 Å². The van der Waals surface area contributed by atoms with Crippen LogP contribution in [0.15, 0.2) is 66.7 Å². The van der Waals surface area contributed by atoms with Crippen LogP contribution in [0.1, 0.15) is 10.4 Å². The summed E-state index contributed by atoms with van der Waals surface area (Å²) in [5.74, 6) is 1.65. The van der Waals surface area contributed by atoms with Crippen LogP contribution in [0.25, 0.3) is 0 Å². The van der Waals surface area contributed by atoms with Gasteiger partial charge in [0.2, 0.25) is 0 Å². The van der Waals surface area contributed by atoms with E-state index in [1.165, 1.54) is 7.11 Å². The van der Waals surface area contributed by atoms with E-state index in [1.54, 1.807) is 66.7 Å². The van der Waals surface area contributed by atoms with Crippen molar-refractivity contribution < 1.29 is 28.5 Å². The summed E-state index contributed by atoms with van der Waals surface area (Å²) in [6.07, 6.45) is 0. The number of amides is 2. The second-order valence-electron chi connectivity index (χ2n) is 6.87. The first kappa shape index (κ1) is 21.0. The highest BCUT2D eigenvalue weighted by molar-refractivity contribution is 6.06. The number of para-hydroxylation sites is 1. The van der Waals surface area contributed by atoms with E-state index < -0.39 is 0 Å². The van der Waals surface area contributed by atoms with E-state index in [0.29, 0.717) is 53.2 Å². The molecule has 3 aromatic carbocycles. The van der Waals surface area contributed by atoms with Crippen molar-refractivity contribution in [3.05, 3.63) is 72.3 Å². The number of carbonyl (C=O) groups is 2. The Morgan fingerprint density at radius 3 is 2.38 bits per heavy atom. The third kappa shape index (κ3) is 5.10. The molecule has 0 saturated carbocycles. The van der Waals surface area contributed by atoms with Crippen LogP contribution < -0.4 is 29.6 Å². The van der Waals surface area contributed by atoms with E-state index in [0.717, 1.165) is 0 Å². The van der Waals surface area contributed by atoms with Crippen molar-refractivity contribution in [1.82, 2.24) is 0 Å². The van der Waals surface area contributed by atoms with Gasteiger partial charge in [-0.1, -0.05) is 12.1 Å². The smallest absolute Gasteiger partial charge is 0.262 e. The van der Waals surface area contributed by atoms with Crippen LogP contribution in [0.3, 0.4) is 0 Å². The van der Waals surface area contributed by atoms with Gasteiger partial charge in [0.05, 0.1) is 12.7 Å². The number of hydrogen-bond acceptors (Lipinski definition) is 6. The van der Waals surface area contributed by atoms with Crippen molar-refractivity contribution in [2.24, 2.45) is 0 Å². The molecule has 1 heterocycles. The second-order valence-corrected chi connectivity index (χ2v) is 6.87. The zero-order valence-electron chi connectivity index (χ0n) is 17.4. The highest BCUT2D eigenvalue weighted by atomic mass is 16.6. The molecule has 0 saturated heterocycles. The molecule has 0 unspecified atom stereocenters. The van der Waals surface area contributed by atoms with Gasteiger partial charge in [0.1, 0.15) is 24.7 Å². The average Bonchev–Trinajstić information content (AvgIpc) is 2.83. The number of benzene rings is 3. The SMILES string of the molecule is COc1ccccc1C(=O)Nc1ccc(OCC(=O)Nc2ccc3c(c2)OCCO3)cc1. The van der Waals surface area contributed by atoms with Crippen LogP contribution in [-0.4, -0.2) is 38.7 Å². The third-order valence-electron chi connectivity index (χ3n) is 4.66. The predicted octanol–water partition coefficient (Wildman–Crippen LogP) is 3.74. The second kappa shape index (κ2) is 9.74. The molecule has 0 spiro atoms. The molecule has 0 aliphatic carbocycles. The van der Waals surface area contributed by atoms with Gasteiger partial charge in [-0.25, -0.2) is 0 Å². The van der Waals surface area contributed by atoms with Crippen molar-refractivity contribution >= 4 is 23.2 Å². The van der Waals surface area contributed by atoms with Gasteiger partial charge in [-0.05, 0) is 48.5 Å². The van der Waals surface area contributed by atoms with E-state index in [1.807, 2.05) is 0 Å². The summed E-state index contributed by atoms with van der Waals surface area (Å²) in [4.78, 5) is 24.7. The minimum absolute atomic E-state index is 0.165. The van der Waals surface area contributed by atoms with Gasteiger partial charge in [0.25, 0.3) is 11.8 Å². The Hall–Kier alpha value is -4.20. The lowest BCUT2D eigenvalue weighted by molar-refractivity contribution is -0.118.